The van der Waals surface area contributed by atoms with E-state index >= 15 is 0 Å². The summed E-state index contributed by atoms with van der Waals surface area (Å²) in [5.74, 6) is -1.06. The van der Waals surface area contributed by atoms with E-state index in [1.54, 1.807) is 24.3 Å². The van der Waals surface area contributed by atoms with E-state index in [9.17, 15) is 9.59 Å². The molecule has 4 aromatic rings. The van der Waals surface area contributed by atoms with Crippen molar-refractivity contribution in [1.82, 2.24) is 0 Å². The van der Waals surface area contributed by atoms with E-state index in [1.807, 2.05) is 97.1 Å². The molecule has 5 atom stereocenters. The topological polar surface area (TPSA) is 89.5 Å². The van der Waals surface area contributed by atoms with Gasteiger partial charge in [0.05, 0.1) is 25.4 Å². The highest BCUT2D eigenvalue weighted by Crippen LogP contribution is 2.31. The molecule has 0 aromatic heterocycles. The van der Waals surface area contributed by atoms with Crippen LogP contribution in [0.4, 0.5) is 0 Å². The van der Waals surface area contributed by atoms with Gasteiger partial charge in [0.1, 0.15) is 31.0 Å². The van der Waals surface area contributed by atoms with Crippen molar-refractivity contribution >= 4 is 11.9 Å². The predicted molar refractivity (Wildman–Crippen MR) is 162 cm³/mol. The van der Waals surface area contributed by atoms with E-state index in [-0.39, 0.29) is 26.4 Å². The van der Waals surface area contributed by atoms with E-state index in [0.717, 1.165) is 16.7 Å². The van der Waals surface area contributed by atoms with Crippen LogP contribution in [0, 0.1) is 0 Å². The van der Waals surface area contributed by atoms with Gasteiger partial charge in [0, 0.05) is 6.92 Å². The fourth-order valence-electron chi connectivity index (χ4n) is 4.95. The van der Waals surface area contributed by atoms with Gasteiger partial charge in [-0.15, -0.1) is 0 Å². The van der Waals surface area contributed by atoms with Crippen LogP contribution in [0.3, 0.4) is 0 Å². The van der Waals surface area contributed by atoms with Gasteiger partial charge < -0.3 is 28.4 Å². The second-order valence-corrected chi connectivity index (χ2v) is 10.4. The first-order valence-electron chi connectivity index (χ1n) is 14.6. The highest BCUT2D eigenvalue weighted by molar-refractivity contribution is 5.89. The molecule has 0 bridgehead atoms. The predicted octanol–water partition coefficient (Wildman–Crippen LogP) is 5.89. The molecule has 1 aliphatic heterocycles. The van der Waals surface area contributed by atoms with Crippen LogP contribution in [-0.2, 0) is 53.0 Å². The van der Waals surface area contributed by atoms with Gasteiger partial charge >= 0.3 is 11.9 Å². The van der Waals surface area contributed by atoms with Crippen molar-refractivity contribution in [2.24, 2.45) is 0 Å². The van der Waals surface area contributed by atoms with Gasteiger partial charge in [-0.2, -0.15) is 0 Å². The third kappa shape index (κ3) is 8.84. The van der Waals surface area contributed by atoms with Crippen molar-refractivity contribution in [3.8, 4) is 0 Å². The van der Waals surface area contributed by atoms with Crippen LogP contribution in [-0.4, -0.2) is 49.3 Å². The molecule has 1 aliphatic rings. The Balaban J connectivity index is 1.44. The lowest BCUT2D eigenvalue weighted by atomic mass is 9.97. The fourth-order valence-corrected chi connectivity index (χ4v) is 4.95. The van der Waals surface area contributed by atoms with Crippen LogP contribution >= 0.6 is 0 Å². The second kappa shape index (κ2) is 15.9. The van der Waals surface area contributed by atoms with Crippen LogP contribution in [0.1, 0.15) is 34.0 Å². The van der Waals surface area contributed by atoms with Crippen LogP contribution in [0.25, 0.3) is 0 Å². The number of esters is 2. The summed E-state index contributed by atoms with van der Waals surface area (Å²) in [4.78, 5) is 25.1. The summed E-state index contributed by atoms with van der Waals surface area (Å²) < 4.78 is 37.1. The smallest absolute Gasteiger partial charge is 0.338 e. The number of carbonyl (C=O) groups is 2. The number of benzene rings is 4. The zero-order valence-corrected chi connectivity index (χ0v) is 24.5. The van der Waals surface area contributed by atoms with Gasteiger partial charge in [0.25, 0.3) is 0 Å². The van der Waals surface area contributed by atoms with Crippen molar-refractivity contribution in [2.75, 3.05) is 6.61 Å². The van der Waals surface area contributed by atoms with Crippen molar-refractivity contribution in [3.63, 3.8) is 0 Å². The lowest BCUT2D eigenvalue weighted by molar-refractivity contribution is -0.318. The van der Waals surface area contributed by atoms with Gasteiger partial charge in [-0.05, 0) is 28.8 Å². The number of hydrogen-bond donors (Lipinski definition) is 0. The SMILES string of the molecule is CC(=O)O[C@H]1O[C@H](COC(=O)c2ccccc2)[C@@H](OCc2ccccc2)[C@H](OCc2ccccc2)[C@H]1OCc1ccccc1. The molecular weight excluding hydrogens is 560 g/mol. The molecule has 1 heterocycles. The van der Waals surface area contributed by atoms with Gasteiger partial charge in [-0.3, -0.25) is 4.79 Å². The first-order chi connectivity index (χ1) is 21.6. The second-order valence-electron chi connectivity index (χ2n) is 10.4. The summed E-state index contributed by atoms with van der Waals surface area (Å²) >= 11 is 0. The van der Waals surface area contributed by atoms with Gasteiger partial charge in [0.2, 0.25) is 6.29 Å². The molecule has 0 radical (unpaired) electrons. The molecule has 0 saturated carbocycles. The maximum atomic E-state index is 12.9. The Morgan fingerprint density at radius 3 is 1.50 bits per heavy atom. The zero-order chi connectivity index (χ0) is 30.6. The maximum absolute atomic E-state index is 12.9. The quantitative estimate of drug-likeness (QED) is 0.177. The molecule has 0 amide bonds. The number of rotatable bonds is 13. The van der Waals surface area contributed by atoms with E-state index in [1.165, 1.54) is 6.92 Å². The van der Waals surface area contributed by atoms with Crippen LogP contribution in [0.5, 0.6) is 0 Å². The molecule has 4 aromatic carbocycles. The Kier molecular flexibility index (Phi) is 11.3. The molecule has 0 N–H and O–H groups in total. The fraction of sp³-hybridized carbons (Fsp3) is 0.278. The zero-order valence-electron chi connectivity index (χ0n) is 24.5. The van der Waals surface area contributed by atoms with E-state index in [0.29, 0.717) is 5.56 Å². The first kappa shape index (κ1) is 31.1. The molecule has 0 aliphatic carbocycles. The number of ether oxygens (including phenoxy) is 6. The monoisotopic (exact) mass is 596 g/mol. The molecule has 8 nitrogen and oxygen atoms in total. The van der Waals surface area contributed by atoms with Gasteiger partial charge in [0.15, 0.2) is 0 Å². The highest BCUT2D eigenvalue weighted by Gasteiger charge is 2.50. The summed E-state index contributed by atoms with van der Waals surface area (Å²) in [5.41, 5.74) is 3.22. The summed E-state index contributed by atoms with van der Waals surface area (Å²) in [6.45, 7) is 1.84. The maximum Gasteiger partial charge on any atom is 0.338 e. The first-order valence-corrected chi connectivity index (χ1v) is 14.6. The van der Waals surface area contributed by atoms with E-state index in [2.05, 4.69) is 0 Å². The van der Waals surface area contributed by atoms with Gasteiger partial charge in [-0.25, -0.2) is 4.79 Å². The Bertz CT molecular complexity index is 1430. The summed E-state index contributed by atoms with van der Waals surface area (Å²) in [5, 5.41) is 0. The van der Waals surface area contributed by atoms with Crippen molar-refractivity contribution in [1.29, 1.82) is 0 Å². The van der Waals surface area contributed by atoms with E-state index < -0.39 is 42.6 Å². The van der Waals surface area contributed by atoms with Gasteiger partial charge in [-0.1, -0.05) is 109 Å². The van der Waals surface area contributed by atoms with Crippen molar-refractivity contribution in [2.45, 2.75) is 57.5 Å². The summed E-state index contributed by atoms with van der Waals surface area (Å²) in [6.07, 6.45) is -4.36. The molecule has 228 valence electrons. The average molecular weight is 597 g/mol. The molecule has 1 saturated heterocycles. The molecule has 0 spiro atoms. The molecule has 8 heteroatoms. The largest absolute Gasteiger partial charge is 0.459 e. The minimum atomic E-state index is -1.14. The number of hydrogen-bond acceptors (Lipinski definition) is 8. The van der Waals surface area contributed by atoms with Crippen LogP contribution in [0.2, 0.25) is 0 Å². The standard InChI is InChI=1S/C36H36O8/c1-26(37)43-36-34(41-24-29-18-10-4-11-19-29)33(40-23-28-16-8-3-9-17-28)32(39-22-27-14-6-2-7-15-27)31(44-36)25-42-35(38)30-20-12-5-13-21-30/h2-21,31-34,36H,22-25H2,1H3/t31-,32-,33+,34-,36+/m1/s1. The molecular formula is C36H36O8. The van der Waals surface area contributed by atoms with Crippen molar-refractivity contribution in [3.05, 3.63) is 144 Å². The Labute approximate surface area is 257 Å². The van der Waals surface area contributed by atoms with E-state index in [4.69, 9.17) is 28.4 Å². The Morgan fingerprint density at radius 1 is 0.591 bits per heavy atom. The third-order valence-corrected chi connectivity index (χ3v) is 7.12. The minimum Gasteiger partial charge on any atom is -0.459 e. The lowest BCUT2D eigenvalue weighted by Crippen LogP contribution is -2.62. The molecule has 5 rings (SSSR count). The molecule has 1 fully saturated rings. The molecule has 0 unspecified atom stereocenters. The number of carbonyl (C=O) groups excluding carboxylic acids is 2. The Morgan fingerprint density at radius 2 is 1.02 bits per heavy atom. The molecule has 44 heavy (non-hydrogen) atoms. The summed E-state index contributed by atoms with van der Waals surface area (Å²) in [6, 6.07) is 37.8. The van der Waals surface area contributed by atoms with Crippen molar-refractivity contribution < 1.29 is 38.0 Å². The third-order valence-electron chi connectivity index (χ3n) is 7.12. The highest BCUT2D eigenvalue weighted by atomic mass is 16.7. The minimum absolute atomic E-state index is 0.165. The normalized spacial score (nSPS) is 21.3. The average Bonchev–Trinajstić information content (AvgIpc) is 3.06. The Hall–Kier alpha value is -4.34. The summed E-state index contributed by atoms with van der Waals surface area (Å²) in [7, 11) is 0. The van der Waals surface area contributed by atoms with Crippen LogP contribution in [0.15, 0.2) is 121 Å². The lowest BCUT2D eigenvalue weighted by Gasteiger charge is -2.45. The van der Waals surface area contributed by atoms with Crippen LogP contribution < -0.4 is 0 Å².